The molecule has 0 saturated carbocycles. The number of benzene rings is 1. The molecule has 1 N–H and O–H groups in total. The molecule has 0 atom stereocenters. The Kier molecular flexibility index (Phi) is 10.6. The highest BCUT2D eigenvalue weighted by atomic mass is 35.5. The van der Waals surface area contributed by atoms with E-state index in [9.17, 15) is 0 Å². The molecule has 0 unspecified atom stereocenters. The van der Waals surface area contributed by atoms with Crippen LogP contribution < -0.4 is 5.32 Å². The van der Waals surface area contributed by atoms with E-state index in [0.29, 0.717) is 0 Å². The van der Waals surface area contributed by atoms with Crippen LogP contribution in [0.4, 0.5) is 0 Å². The molecule has 0 aliphatic carbocycles. The van der Waals surface area contributed by atoms with Gasteiger partial charge >= 0.3 is 0 Å². The summed E-state index contributed by atoms with van der Waals surface area (Å²) in [6.45, 7) is 4.86. The van der Waals surface area contributed by atoms with Crippen molar-refractivity contribution in [1.82, 2.24) is 10.2 Å². The van der Waals surface area contributed by atoms with E-state index in [1.54, 1.807) is 0 Å². The fraction of sp³-hybridized carbons (Fsp3) is 0.412. The number of hydrogen-bond donors (Lipinski definition) is 1. The second-order valence-electron chi connectivity index (χ2n) is 5.51. The summed E-state index contributed by atoms with van der Waals surface area (Å²) in [4.78, 5) is 2.19. The Morgan fingerprint density at radius 3 is 2.57 bits per heavy atom. The van der Waals surface area contributed by atoms with E-state index >= 15 is 0 Å². The predicted molar refractivity (Wildman–Crippen MR) is 103 cm³/mol. The smallest absolute Gasteiger partial charge is 0.134 e. The van der Waals surface area contributed by atoms with Crippen LogP contribution in [0.1, 0.15) is 17.7 Å². The van der Waals surface area contributed by atoms with Crippen LogP contribution in [-0.4, -0.2) is 32.1 Å². The first-order valence-corrected chi connectivity index (χ1v) is 7.65. The highest BCUT2D eigenvalue weighted by Gasteiger charge is 2.09. The van der Waals surface area contributed by atoms with Crippen LogP contribution in [-0.2, 0) is 6.54 Å². The Bertz CT molecular complexity index is 585. The summed E-state index contributed by atoms with van der Waals surface area (Å²) in [7, 11) is 4.18. The van der Waals surface area contributed by atoms with Gasteiger partial charge in [0, 0.05) is 10.6 Å². The third-order valence-electron chi connectivity index (χ3n) is 3.45. The Hall–Kier alpha value is -0.710. The van der Waals surface area contributed by atoms with E-state index in [1.165, 1.54) is 0 Å². The van der Waals surface area contributed by atoms with Crippen LogP contribution in [0.5, 0.6) is 0 Å². The number of furan rings is 1. The highest BCUT2D eigenvalue weighted by molar-refractivity contribution is 6.31. The summed E-state index contributed by atoms with van der Waals surface area (Å²) in [5.74, 6) is 1.83. The number of rotatable bonds is 7. The second kappa shape index (κ2) is 11.0. The summed E-state index contributed by atoms with van der Waals surface area (Å²) >= 11 is 6.16. The molecule has 0 spiro atoms. The van der Waals surface area contributed by atoms with Gasteiger partial charge in [-0.25, -0.2) is 0 Å². The van der Waals surface area contributed by atoms with E-state index in [2.05, 4.69) is 24.3 Å². The van der Waals surface area contributed by atoms with E-state index in [0.717, 1.165) is 53.7 Å². The standard InChI is InChI=1S/C17H23ClN2O.2ClH/c1-13-15(6-4-7-16(13)18)17-9-8-14(21-17)12-19-10-5-11-20(2)3;;/h4,6-9,19H,5,10-12H2,1-3H3;2*1H. The van der Waals surface area contributed by atoms with Crippen LogP contribution >= 0.6 is 36.4 Å². The molecule has 23 heavy (non-hydrogen) atoms. The van der Waals surface area contributed by atoms with E-state index in [4.69, 9.17) is 16.0 Å². The zero-order chi connectivity index (χ0) is 15.2. The average molecular weight is 380 g/mol. The average Bonchev–Trinajstić information content (AvgIpc) is 2.90. The Morgan fingerprint density at radius 2 is 1.87 bits per heavy atom. The van der Waals surface area contributed by atoms with Crippen LogP contribution in [0.25, 0.3) is 11.3 Å². The van der Waals surface area contributed by atoms with Crippen molar-refractivity contribution in [3.8, 4) is 11.3 Å². The molecule has 0 bridgehead atoms. The summed E-state index contributed by atoms with van der Waals surface area (Å²) in [6, 6.07) is 9.92. The summed E-state index contributed by atoms with van der Waals surface area (Å²) in [5, 5.41) is 4.17. The molecule has 0 radical (unpaired) electrons. The lowest BCUT2D eigenvalue weighted by molar-refractivity contribution is 0.391. The molecule has 3 nitrogen and oxygen atoms in total. The molecule has 2 aromatic rings. The van der Waals surface area contributed by atoms with Gasteiger partial charge in [-0.1, -0.05) is 23.7 Å². The van der Waals surface area contributed by atoms with Gasteiger partial charge in [-0.05, 0) is 64.3 Å². The third kappa shape index (κ3) is 6.74. The Labute approximate surface area is 156 Å². The third-order valence-corrected chi connectivity index (χ3v) is 3.86. The minimum atomic E-state index is 0. The summed E-state index contributed by atoms with van der Waals surface area (Å²) in [6.07, 6.45) is 1.13. The first-order valence-electron chi connectivity index (χ1n) is 7.27. The second-order valence-corrected chi connectivity index (χ2v) is 5.92. The first-order chi connectivity index (χ1) is 10.1. The van der Waals surface area contributed by atoms with E-state index in [-0.39, 0.29) is 24.8 Å². The van der Waals surface area contributed by atoms with Gasteiger partial charge in [-0.2, -0.15) is 0 Å². The molecule has 0 amide bonds. The van der Waals surface area contributed by atoms with Gasteiger partial charge in [-0.15, -0.1) is 24.8 Å². The summed E-state index contributed by atoms with van der Waals surface area (Å²) in [5.41, 5.74) is 2.11. The molecule has 6 heteroatoms. The quantitative estimate of drug-likeness (QED) is 0.701. The number of halogens is 3. The maximum absolute atomic E-state index is 6.16. The number of nitrogens with one attached hydrogen (secondary N) is 1. The zero-order valence-electron chi connectivity index (χ0n) is 13.8. The molecule has 1 aromatic heterocycles. The monoisotopic (exact) mass is 378 g/mol. The fourth-order valence-electron chi connectivity index (χ4n) is 2.22. The lowest BCUT2D eigenvalue weighted by Crippen LogP contribution is -2.20. The van der Waals surface area contributed by atoms with Gasteiger partial charge in [0.1, 0.15) is 11.5 Å². The maximum atomic E-state index is 6.16. The van der Waals surface area contributed by atoms with Crippen LogP contribution in [0.3, 0.4) is 0 Å². The van der Waals surface area contributed by atoms with Crippen molar-refractivity contribution < 1.29 is 4.42 Å². The maximum Gasteiger partial charge on any atom is 0.134 e. The van der Waals surface area contributed by atoms with Crippen molar-refractivity contribution in [2.45, 2.75) is 19.9 Å². The fourth-order valence-corrected chi connectivity index (χ4v) is 2.40. The van der Waals surface area contributed by atoms with Gasteiger partial charge < -0.3 is 14.6 Å². The Morgan fingerprint density at radius 1 is 1.13 bits per heavy atom. The molecule has 130 valence electrons. The highest BCUT2D eigenvalue weighted by Crippen LogP contribution is 2.29. The van der Waals surface area contributed by atoms with Crippen LogP contribution in [0.15, 0.2) is 34.7 Å². The van der Waals surface area contributed by atoms with Gasteiger partial charge in [0.2, 0.25) is 0 Å². The minimum absolute atomic E-state index is 0. The molecule has 0 fully saturated rings. The molecule has 1 heterocycles. The van der Waals surface area contributed by atoms with E-state index in [1.807, 2.05) is 37.3 Å². The molecular weight excluding hydrogens is 355 g/mol. The molecule has 0 aliphatic heterocycles. The molecule has 1 aromatic carbocycles. The van der Waals surface area contributed by atoms with Crippen molar-refractivity contribution >= 4 is 36.4 Å². The van der Waals surface area contributed by atoms with Gasteiger partial charge in [0.05, 0.1) is 6.54 Å². The van der Waals surface area contributed by atoms with Gasteiger partial charge in [-0.3, -0.25) is 0 Å². The number of nitrogens with zero attached hydrogens (tertiary/aromatic N) is 1. The van der Waals surface area contributed by atoms with Gasteiger partial charge in [0.25, 0.3) is 0 Å². The molecular formula is C17H25Cl3N2O. The first kappa shape index (κ1) is 22.3. The zero-order valence-corrected chi connectivity index (χ0v) is 16.2. The predicted octanol–water partition coefficient (Wildman–Crippen LogP) is 4.79. The van der Waals surface area contributed by atoms with E-state index < -0.39 is 0 Å². The lowest BCUT2D eigenvalue weighted by atomic mass is 10.1. The minimum Gasteiger partial charge on any atom is -0.460 e. The normalized spacial score (nSPS) is 10.3. The van der Waals surface area contributed by atoms with Crippen molar-refractivity contribution in [1.29, 1.82) is 0 Å². The van der Waals surface area contributed by atoms with Crippen LogP contribution in [0.2, 0.25) is 5.02 Å². The molecule has 2 rings (SSSR count). The van der Waals surface area contributed by atoms with Crippen LogP contribution in [0, 0.1) is 6.92 Å². The summed E-state index contributed by atoms with van der Waals surface area (Å²) < 4.78 is 5.90. The van der Waals surface area contributed by atoms with Crippen molar-refractivity contribution in [2.24, 2.45) is 0 Å². The van der Waals surface area contributed by atoms with Gasteiger partial charge in [0.15, 0.2) is 0 Å². The lowest BCUT2D eigenvalue weighted by Gasteiger charge is -2.09. The molecule has 0 saturated heterocycles. The Balaban J connectivity index is 0.00000242. The molecule has 0 aliphatic rings. The largest absolute Gasteiger partial charge is 0.460 e. The topological polar surface area (TPSA) is 28.4 Å². The van der Waals surface area contributed by atoms with Crippen molar-refractivity contribution in [3.63, 3.8) is 0 Å². The van der Waals surface area contributed by atoms with Crippen molar-refractivity contribution in [2.75, 3.05) is 27.2 Å². The SMILES string of the molecule is Cc1c(Cl)cccc1-c1ccc(CNCCCN(C)C)o1.Cl.Cl. The van der Waals surface area contributed by atoms with Crippen molar-refractivity contribution in [3.05, 3.63) is 46.7 Å². The number of hydrogen-bond acceptors (Lipinski definition) is 3.